The minimum Gasteiger partial charge on any atom is -0.336 e. The second-order valence-electron chi connectivity index (χ2n) is 6.24. The maximum Gasteiger partial charge on any atom is 0.243 e. The van der Waals surface area contributed by atoms with Crippen molar-refractivity contribution < 1.29 is 9.59 Å². The zero-order chi connectivity index (χ0) is 19.3. The van der Waals surface area contributed by atoms with Gasteiger partial charge in [0.05, 0.1) is 12.3 Å². The van der Waals surface area contributed by atoms with E-state index in [-0.39, 0.29) is 18.4 Å². The number of hydrogen-bond donors (Lipinski definition) is 1. The third kappa shape index (κ3) is 5.61. The molecule has 2 aromatic rings. The van der Waals surface area contributed by atoms with Crippen LogP contribution in [-0.2, 0) is 9.59 Å². The van der Waals surface area contributed by atoms with Crippen molar-refractivity contribution >= 4 is 45.2 Å². The molecule has 0 radical (unpaired) electrons. The van der Waals surface area contributed by atoms with Gasteiger partial charge in [0.25, 0.3) is 0 Å². The summed E-state index contributed by atoms with van der Waals surface area (Å²) in [7, 11) is 1.65. The normalized spacial score (nSPS) is 10.5. The Labute approximate surface area is 167 Å². The molecule has 0 aliphatic rings. The molecule has 0 bridgehead atoms. The number of nitrogens with one attached hydrogen (secondary N) is 1. The quantitative estimate of drug-likeness (QED) is 0.677. The molecule has 0 atom stereocenters. The number of likely N-dealkylation sites (N-methyl/N-ethyl adjacent to an activating group) is 1. The summed E-state index contributed by atoms with van der Waals surface area (Å²) in [4.78, 5) is 27.1. The molecule has 6 heteroatoms. The van der Waals surface area contributed by atoms with Gasteiger partial charge in [-0.1, -0.05) is 28.1 Å². The van der Waals surface area contributed by atoms with Crippen molar-refractivity contribution in [2.24, 2.45) is 0 Å². The molecule has 1 N–H and O–H groups in total. The maximum atomic E-state index is 12.3. The van der Waals surface area contributed by atoms with Crippen molar-refractivity contribution in [1.29, 1.82) is 0 Å². The van der Waals surface area contributed by atoms with Gasteiger partial charge in [-0.05, 0) is 61.7 Å². The Balaban J connectivity index is 1.88. The summed E-state index contributed by atoms with van der Waals surface area (Å²) in [6.07, 6.45) is 0. The first-order valence-corrected chi connectivity index (χ1v) is 10.0. The van der Waals surface area contributed by atoms with E-state index in [2.05, 4.69) is 21.2 Å². The van der Waals surface area contributed by atoms with Gasteiger partial charge in [-0.3, -0.25) is 9.59 Å². The molecule has 0 aliphatic carbocycles. The van der Waals surface area contributed by atoms with Crippen LogP contribution < -0.4 is 5.32 Å². The van der Waals surface area contributed by atoms with Crippen LogP contribution in [0.5, 0.6) is 0 Å². The zero-order valence-electron chi connectivity index (χ0n) is 15.4. The van der Waals surface area contributed by atoms with Gasteiger partial charge < -0.3 is 10.2 Å². The van der Waals surface area contributed by atoms with E-state index in [1.165, 1.54) is 16.7 Å². The van der Waals surface area contributed by atoms with Crippen molar-refractivity contribution in [3.63, 3.8) is 0 Å². The predicted molar refractivity (Wildman–Crippen MR) is 112 cm³/mol. The lowest BCUT2D eigenvalue weighted by molar-refractivity contribution is -0.131. The lowest BCUT2D eigenvalue weighted by Crippen LogP contribution is -2.36. The molecule has 2 amide bonds. The summed E-state index contributed by atoms with van der Waals surface area (Å²) >= 11 is 4.92. The van der Waals surface area contributed by atoms with Gasteiger partial charge in [0.15, 0.2) is 0 Å². The van der Waals surface area contributed by atoms with E-state index in [0.29, 0.717) is 5.75 Å². The van der Waals surface area contributed by atoms with Crippen molar-refractivity contribution in [3.05, 3.63) is 57.6 Å². The molecule has 0 aliphatic heterocycles. The first-order chi connectivity index (χ1) is 12.3. The molecular formula is C20H23BrN2O2S. The van der Waals surface area contributed by atoms with Crippen LogP contribution in [0.25, 0.3) is 0 Å². The van der Waals surface area contributed by atoms with Crippen LogP contribution in [0.3, 0.4) is 0 Å². The highest BCUT2D eigenvalue weighted by Gasteiger charge is 2.15. The fourth-order valence-electron chi connectivity index (χ4n) is 2.40. The third-order valence-corrected chi connectivity index (χ3v) is 5.83. The topological polar surface area (TPSA) is 49.4 Å². The van der Waals surface area contributed by atoms with Crippen LogP contribution in [0.15, 0.2) is 45.8 Å². The molecule has 2 rings (SSSR count). The summed E-state index contributed by atoms with van der Waals surface area (Å²) in [5, 5.41) is 2.88. The van der Waals surface area contributed by atoms with Gasteiger partial charge in [0.1, 0.15) is 0 Å². The van der Waals surface area contributed by atoms with Crippen LogP contribution in [-0.4, -0.2) is 36.1 Å². The summed E-state index contributed by atoms with van der Waals surface area (Å²) in [5.74, 6) is 0.0308. The fraction of sp³-hybridized carbons (Fsp3) is 0.300. The minimum atomic E-state index is -0.195. The number of amides is 2. The second kappa shape index (κ2) is 9.24. The molecule has 2 aromatic carbocycles. The highest BCUT2D eigenvalue weighted by atomic mass is 79.9. The molecule has 0 saturated heterocycles. The number of halogens is 1. The highest BCUT2D eigenvalue weighted by Crippen LogP contribution is 2.25. The molecule has 0 heterocycles. The summed E-state index contributed by atoms with van der Waals surface area (Å²) in [5.41, 5.74) is 4.06. The van der Waals surface area contributed by atoms with Crippen molar-refractivity contribution in [2.45, 2.75) is 25.7 Å². The Morgan fingerprint density at radius 3 is 2.54 bits per heavy atom. The van der Waals surface area contributed by atoms with E-state index >= 15 is 0 Å². The molecule has 26 heavy (non-hydrogen) atoms. The number of nitrogens with zero attached hydrogens (tertiary/aromatic N) is 1. The van der Waals surface area contributed by atoms with E-state index in [0.717, 1.165) is 31.7 Å². The number of anilines is 1. The standard InChI is InChI=1S/C20H23BrN2O2S/c1-13-6-5-7-17(15(13)3)22-19(24)11-23(4)20(25)12-26-18-9-8-16(21)10-14(18)2/h5-10H,11-12H2,1-4H3,(H,22,24). The van der Waals surface area contributed by atoms with E-state index in [1.807, 2.05) is 57.2 Å². The minimum absolute atomic E-state index is 0.0338. The number of carbonyl (C=O) groups is 2. The van der Waals surface area contributed by atoms with Crippen molar-refractivity contribution in [2.75, 3.05) is 24.7 Å². The summed E-state index contributed by atoms with van der Waals surface area (Å²) < 4.78 is 1.02. The Bertz CT molecular complexity index is 823. The average Bonchev–Trinajstić information content (AvgIpc) is 2.57. The van der Waals surface area contributed by atoms with E-state index < -0.39 is 0 Å². The van der Waals surface area contributed by atoms with Crippen LogP contribution in [0.2, 0.25) is 0 Å². The van der Waals surface area contributed by atoms with Crippen LogP contribution in [0, 0.1) is 20.8 Å². The van der Waals surface area contributed by atoms with Gasteiger partial charge in [0, 0.05) is 22.1 Å². The molecule has 0 aromatic heterocycles. The Kier molecular flexibility index (Phi) is 7.29. The SMILES string of the molecule is Cc1cc(Br)ccc1SCC(=O)N(C)CC(=O)Nc1cccc(C)c1C. The Morgan fingerprint density at radius 1 is 1.12 bits per heavy atom. The third-order valence-electron chi connectivity index (χ3n) is 4.17. The lowest BCUT2D eigenvalue weighted by atomic mass is 10.1. The number of benzene rings is 2. The number of hydrogen-bond acceptors (Lipinski definition) is 3. The fourth-order valence-corrected chi connectivity index (χ4v) is 3.83. The van der Waals surface area contributed by atoms with Gasteiger partial charge in [-0.15, -0.1) is 11.8 Å². The number of carbonyl (C=O) groups excluding carboxylic acids is 2. The molecule has 0 saturated carbocycles. The molecule has 0 spiro atoms. The van der Waals surface area contributed by atoms with Gasteiger partial charge in [0.2, 0.25) is 11.8 Å². The van der Waals surface area contributed by atoms with E-state index in [4.69, 9.17) is 0 Å². The Hall–Kier alpha value is -1.79. The zero-order valence-corrected chi connectivity index (χ0v) is 17.8. The lowest BCUT2D eigenvalue weighted by Gasteiger charge is -2.18. The monoisotopic (exact) mass is 434 g/mol. The molecular weight excluding hydrogens is 412 g/mol. The van der Waals surface area contributed by atoms with E-state index in [9.17, 15) is 9.59 Å². The van der Waals surface area contributed by atoms with Crippen LogP contribution >= 0.6 is 27.7 Å². The predicted octanol–water partition coefficient (Wildman–Crippen LogP) is 4.56. The first-order valence-electron chi connectivity index (χ1n) is 8.27. The molecule has 4 nitrogen and oxygen atoms in total. The van der Waals surface area contributed by atoms with Crippen molar-refractivity contribution in [1.82, 2.24) is 4.90 Å². The van der Waals surface area contributed by atoms with Gasteiger partial charge in [-0.2, -0.15) is 0 Å². The second-order valence-corrected chi connectivity index (χ2v) is 8.18. The molecule has 0 fully saturated rings. The average molecular weight is 435 g/mol. The number of rotatable bonds is 6. The van der Waals surface area contributed by atoms with Crippen LogP contribution in [0.1, 0.15) is 16.7 Å². The maximum absolute atomic E-state index is 12.3. The smallest absolute Gasteiger partial charge is 0.243 e. The van der Waals surface area contributed by atoms with Crippen LogP contribution in [0.4, 0.5) is 5.69 Å². The molecule has 138 valence electrons. The summed E-state index contributed by atoms with van der Waals surface area (Å²) in [6.45, 7) is 6.02. The largest absolute Gasteiger partial charge is 0.336 e. The first kappa shape index (κ1) is 20.5. The van der Waals surface area contributed by atoms with E-state index in [1.54, 1.807) is 7.05 Å². The Morgan fingerprint density at radius 2 is 1.85 bits per heavy atom. The van der Waals surface area contributed by atoms with Gasteiger partial charge >= 0.3 is 0 Å². The molecule has 0 unspecified atom stereocenters. The number of thioether (sulfide) groups is 1. The summed E-state index contributed by atoms with van der Waals surface area (Å²) in [6, 6.07) is 11.8. The highest BCUT2D eigenvalue weighted by molar-refractivity contribution is 9.10. The van der Waals surface area contributed by atoms with Gasteiger partial charge in [-0.25, -0.2) is 0 Å². The number of aryl methyl sites for hydroxylation is 2. The van der Waals surface area contributed by atoms with Crippen molar-refractivity contribution in [3.8, 4) is 0 Å².